The van der Waals surface area contributed by atoms with E-state index in [1.54, 1.807) is 0 Å². The number of halogens is 1. The summed E-state index contributed by atoms with van der Waals surface area (Å²) >= 11 is 3.50. The summed E-state index contributed by atoms with van der Waals surface area (Å²) in [6, 6.07) is 8.75. The van der Waals surface area contributed by atoms with Crippen molar-refractivity contribution in [2.24, 2.45) is 11.7 Å². The van der Waals surface area contributed by atoms with Crippen molar-refractivity contribution < 1.29 is 0 Å². The zero-order valence-electron chi connectivity index (χ0n) is 8.41. The van der Waals surface area contributed by atoms with E-state index in [0.717, 1.165) is 24.0 Å². The molecular weight excluding hydrogens is 252 g/mol. The van der Waals surface area contributed by atoms with Gasteiger partial charge >= 0.3 is 0 Å². The average Bonchev–Trinajstić information content (AvgIpc) is 2.73. The van der Waals surface area contributed by atoms with Gasteiger partial charge in [0.2, 0.25) is 0 Å². The van der Waals surface area contributed by atoms with Gasteiger partial charge in [-0.1, -0.05) is 15.9 Å². The quantitative estimate of drug-likeness (QED) is 0.844. The second-order valence-corrected chi connectivity index (χ2v) is 5.17. The van der Waals surface area contributed by atoms with Crippen molar-refractivity contribution in [2.45, 2.75) is 13.0 Å². The second kappa shape index (κ2) is 3.35. The van der Waals surface area contributed by atoms with Gasteiger partial charge in [-0.15, -0.1) is 0 Å². The minimum Gasteiger partial charge on any atom is -0.344 e. The number of aromatic nitrogens is 1. The SMILES string of the molecule is NCC1Cc2cc3cc(Br)ccc3n2C1. The highest BCUT2D eigenvalue weighted by molar-refractivity contribution is 9.10. The third-order valence-corrected chi connectivity index (χ3v) is 3.71. The van der Waals surface area contributed by atoms with E-state index < -0.39 is 0 Å². The summed E-state index contributed by atoms with van der Waals surface area (Å²) in [7, 11) is 0. The number of rotatable bonds is 1. The summed E-state index contributed by atoms with van der Waals surface area (Å²) in [5.41, 5.74) is 8.49. The molecule has 0 bridgehead atoms. The Morgan fingerprint density at radius 3 is 3.07 bits per heavy atom. The van der Waals surface area contributed by atoms with Crippen LogP contribution in [-0.4, -0.2) is 11.1 Å². The van der Waals surface area contributed by atoms with Gasteiger partial charge in [-0.05, 0) is 43.1 Å². The Hall–Kier alpha value is -0.800. The molecule has 0 aliphatic carbocycles. The van der Waals surface area contributed by atoms with Crippen molar-refractivity contribution in [3.8, 4) is 0 Å². The molecule has 0 saturated carbocycles. The highest BCUT2D eigenvalue weighted by Crippen LogP contribution is 2.30. The van der Waals surface area contributed by atoms with Crippen molar-refractivity contribution in [1.82, 2.24) is 4.57 Å². The van der Waals surface area contributed by atoms with Crippen LogP contribution in [0.15, 0.2) is 28.7 Å². The molecule has 15 heavy (non-hydrogen) atoms. The van der Waals surface area contributed by atoms with Crippen LogP contribution in [-0.2, 0) is 13.0 Å². The molecule has 2 heterocycles. The first kappa shape index (κ1) is 9.43. The molecule has 0 amide bonds. The van der Waals surface area contributed by atoms with Gasteiger partial charge in [-0.3, -0.25) is 0 Å². The molecular formula is C12H13BrN2. The monoisotopic (exact) mass is 264 g/mol. The molecule has 0 fully saturated rings. The lowest BCUT2D eigenvalue weighted by Crippen LogP contribution is -2.15. The van der Waals surface area contributed by atoms with E-state index in [0.29, 0.717) is 5.92 Å². The van der Waals surface area contributed by atoms with Gasteiger partial charge in [-0.25, -0.2) is 0 Å². The number of hydrogen-bond donors (Lipinski definition) is 1. The Labute approximate surface area is 97.2 Å². The predicted octanol–water partition coefficient (Wildman–Crippen LogP) is 2.53. The Kier molecular flexibility index (Phi) is 2.11. The molecule has 0 spiro atoms. The Balaban J connectivity index is 2.15. The Morgan fingerprint density at radius 2 is 2.27 bits per heavy atom. The zero-order valence-corrected chi connectivity index (χ0v) is 10.00. The Bertz CT molecular complexity index is 516. The first-order valence-electron chi connectivity index (χ1n) is 5.25. The first-order valence-corrected chi connectivity index (χ1v) is 6.05. The molecule has 2 aromatic rings. The third kappa shape index (κ3) is 1.42. The van der Waals surface area contributed by atoms with Crippen molar-refractivity contribution in [3.05, 3.63) is 34.4 Å². The predicted molar refractivity (Wildman–Crippen MR) is 65.9 cm³/mol. The van der Waals surface area contributed by atoms with Crippen molar-refractivity contribution in [3.63, 3.8) is 0 Å². The van der Waals surface area contributed by atoms with Gasteiger partial charge < -0.3 is 10.3 Å². The molecule has 1 atom stereocenters. The second-order valence-electron chi connectivity index (χ2n) is 4.26. The maximum Gasteiger partial charge on any atom is 0.0483 e. The number of nitrogens with two attached hydrogens (primary N) is 1. The molecule has 78 valence electrons. The molecule has 1 aliphatic rings. The molecule has 0 radical (unpaired) electrons. The molecule has 2 nitrogen and oxygen atoms in total. The highest BCUT2D eigenvalue weighted by Gasteiger charge is 2.21. The average molecular weight is 265 g/mol. The lowest BCUT2D eigenvalue weighted by molar-refractivity contribution is 0.530. The molecule has 3 heteroatoms. The third-order valence-electron chi connectivity index (χ3n) is 3.22. The van der Waals surface area contributed by atoms with Crippen LogP contribution in [0.1, 0.15) is 5.69 Å². The van der Waals surface area contributed by atoms with Crippen molar-refractivity contribution in [1.29, 1.82) is 0 Å². The van der Waals surface area contributed by atoms with Crippen LogP contribution in [0.4, 0.5) is 0 Å². The van der Waals surface area contributed by atoms with Crippen LogP contribution >= 0.6 is 15.9 Å². The van der Waals surface area contributed by atoms with E-state index in [-0.39, 0.29) is 0 Å². The summed E-state index contributed by atoms with van der Waals surface area (Å²) in [5, 5.41) is 1.33. The number of fused-ring (bicyclic) bond motifs is 3. The lowest BCUT2D eigenvalue weighted by atomic mass is 10.1. The van der Waals surface area contributed by atoms with Crippen LogP contribution in [0.2, 0.25) is 0 Å². The van der Waals surface area contributed by atoms with Gasteiger partial charge in [0.1, 0.15) is 0 Å². The van der Waals surface area contributed by atoms with E-state index in [4.69, 9.17) is 5.73 Å². The van der Waals surface area contributed by atoms with Crippen LogP contribution < -0.4 is 5.73 Å². The van der Waals surface area contributed by atoms with Gasteiger partial charge in [0.05, 0.1) is 0 Å². The molecule has 2 N–H and O–H groups in total. The maximum absolute atomic E-state index is 5.72. The summed E-state index contributed by atoms with van der Waals surface area (Å²) in [6.07, 6.45) is 1.13. The minimum atomic E-state index is 0.632. The number of benzene rings is 1. The van der Waals surface area contributed by atoms with Crippen LogP contribution in [0.25, 0.3) is 10.9 Å². The van der Waals surface area contributed by atoms with Crippen molar-refractivity contribution in [2.75, 3.05) is 6.54 Å². The minimum absolute atomic E-state index is 0.632. The zero-order chi connectivity index (χ0) is 10.4. The molecule has 0 saturated heterocycles. The van der Waals surface area contributed by atoms with E-state index in [1.807, 2.05) is 0 Å². The Morgan fingerprint density at radius 1 is 1.40 bits per heavy atom. The summed E-state index contributed by atoms with van der Waals surface area (Å²) in [4.78, 5) is 0. The standard InChI is InChI=1S/C12H13BrN2/c13-10-1-2-12-9(4-10)5-11-3-8(6-14)7-15(11)12/h1-2,4-5,8H,3,6-7,14H2. The van der Waals surface area contributed by atoms with E-state index >= 15 is 0 Å². The number of nitrogens with zero attached hydrogens (tertiary/aromatic N) is 1. The fraction of sp³-hybridized carbons (Fsp3) is 0.333. The van der Waals surface area contributed by atoms with Crippen LogP contribution in [0, 0.1) is 5.92 Å². The fourth-order valence-electron chi connectivity index (χ4n) is 2.46. The van der Waals surface area contributed by atoms with Crippen LogP contribution in [0.3, 0.4) is 0 Å². The number of hydrogen-bond acceptors (Lipinski definition) is 1. The van der Waals surface area contributed by atoms with E-state index in [9.17, 15) is 0 Å². The normalized spacial score (nSPS) is 19.7. The van der Waals surface area contributed by atoms with E-state index in [2.05, 4.69) is 44.8 Å². The smallest absolute Gasteiger partial charge is 0.0483 e. The maximum atomic E-state index is 5.72. The summed E-state index contributed by atoms with van der Waals surface area (Å²) in [6.45, 7) is 1.87. The van der Waals surface area contributed by atoms with Gasteiger partial charge in [0.25, 0.3) is 0 Å². The van der Waals surface area contributed by atoms with Crippen LogP contribution in [0.5, 0.6) is 0 Å². The fourth-order valence-corrected chi connectivity index (χ4v) is 2.84. The molecule has 1 aromatic carbocycles. The molecule has 3 rings (SSSR count). The molecule has 1 unspecified atom stereocenters. The first-order chi connectivity index (χ1) is 7.28. The lowest BCUT2D eigenvalue weighted by Gasteiger charge is -2.05. The van der Waals surface area contributed by atoms with Gasteiger partial charge in [-0.2, -0.15) is 0 Å². The van der Waals surface area contributed by atoms with Gasteiger partial charge in [0, 0.05) is 27.6 Å². The molecule has 1 aliphatic heterocycles. The topological polar surface area (TPSA) is 30.9 Å². The largest absolute Gasteiger partial charge is 0.344 e. The summed E-state index contributed by atoms with van der Waals surface area (Å²) < 4.78 is 3.55. The van der Waals surface area contributed by atoms with Gasteiger partial charge in [0.15, 0.2) is 0 Å². The highest BCUT2D eigenvalue weighted by atomic mass is 79.9. The summed E-state index contributed by atoms with van der Waals surface area (Å²) in [5.74, 6) is 0.632. The molecule has 1 aromatic heterocycles. The van der Waals surface area contributed by atoms with Crippen molar-refractivity contribution >= 4 is 26.8 Å². The van der Waals surface area contributed by atoms with E-state index in [1.165, 1.54) is 16.6 Å².